The van der Waals surface area contributed by atoms with Gasteiger partial charge < -0.3 is 0 Å². The number of pyridine rings is 1. The van der Waals surface area contributed by atoms with Gasteiger partial charge in [0.2, 0.25) is 0 Å². The number of rotatable bonds is 3. The highest BCUT2D eigenvalue weighted by atomic mass is 16.6. The Morgan fingerprint density at radius 3 is 2.15 bits per heavy atom. The maximum Gasteiger partial charge on any atom is 0.302 e. The fourth-order valence-corrected chi connectivity index (χ4v) is 3.12. The zero-order valence-electron chi connectivity index (χ0n) is 13.3. The van der Waals surface area contributed by atoms with Crippen LogP contribution >= 0.6 is 0 Å². The molecule has 0 unspecified atom stereocenters. The Morgan fingerprint density at radius 1 is 0.769 bits per heavy atom. The van der Waals surface area contributed by atoms with E-state index >= 15 is 0 Å². The molecule has 3 aromatic carbocycles. The Morgan fingerprint density at radius 2 is 1.46 bits per heavy atom. The Labute approximate surface area is 146 Å². The molecule has 7 nitrogen and oxygen atoms in total. The maximum atomic E-state index is 11.5. The van der Waals surface area contributed by atoms with Crippen molar-refractivity contribution in [2.45, 2.75) is 0 Å². The van der Waals surface area contributed by atoms with E-state index in [0.29, 0.717) is 16.5 Å². The molecule has 0 amide bonds. The molecule has 0 bridgehead atoms. The van der Waals surface area contributed by atoms with Gasteiger partial charge in [0.25, 0.3) is 5.69 Å². The van der Waals surface area contributed by atoms with Gasteiger partial charge in [-0.2, -0.15) is 0 Å². The molecule has 0 saturated heterocycles. The van der Waals surface area contributed by atoms with Gasteiger partial charge in [0.15, 0.2) is 0 Å². The lowest BCUT2D eigenvalue weighted by molar-refractivity contribution is -0.393. The predicted molar refractivity (Wildman–Crippen MR) is 98.0 cm³/mol. The Balaban J connectivity index is 2.27. The first-order chi connectivity index (χ1) is 12.6. The van der Waals surface area contributed by atoms with E-state index in [1.54, 1.807) is 12.1 Å². The Hall–Kier alpha value is -3.87. The molecule has 1 heterocycles. The summed E-state index contributed by atoms with van der Waals surface area (Å²) in [5.74, 6) is 0. The van der Waals surface area contributed by atoms with Crippen molar-refractivity contribution in [3.8, 4) is 11.1 Å². The first-order valence-electron chi connectivity index (χ1n) is 7.77. The van der Waals surface area contributed by atoms with Crippen LogP contribution in [0.3, 0.4) is 0 Å². The number of hydrogen-bond donors (Lipinski definition) is 0. The minimum absolute atomic E-state index is 0.137. The molecule has 126 valence electrons. The van der Waals surface area contributed by atoms with Crippen molar-refractivity contribution in [1.82, 2.24) is 4.98 Å². The summed E-state index contributed by atoms with van der Waals surface area (Å²) < 4.78 is 0. The number of non-ortho nitro benzene ring substituents is 2. The molecule has 4 aromatic rings. The second-order valence-corrected chi connectivity index (χ2v) is 5.75. The number of hydrogen-bond acceptors (Lipinski definition) is 5. The van der Waals surface area contributed by atoms with Crippen molar-refractivity contribution in [1.29, 1.82) is 0 Å². The minimum Gasteiger partial charge on any atom is -0.258 e. The fraction of sp³-hybridized carbons (Fsp3) is 0. The van der Waals surface area contributed by atoms with Crippen LogP contribution in [-0.2, 0) is 0 Å². The molecule has 0 saturated carbocycles. The summed E-state index contributed by atoms with van der Waals surface area (Å²) in [6, 6.07) is 18.9. The van der Waals surface area contributed by atoms with E-state index in [1.807, 2.05) is 42.5 Å². The topological polar surface area (TPSA) is 99.2 Å². The first-order valence-corrected chi connectivity index (χ1v) is 7.77. The van der Waals surface area contributed by atoms with E-state index in [2.05, 4.69) is 4.98 Å². The molecule has 26 heavy (non-hydrogen) atoms. The first kappa shape index (κ1) is 15.6. The highest BCUT2D eigenvalue weighted by Gasteiger charge is 2.24. The van der Waals surface area contributed by atoms with Crippen LogP contribution < -0.4 is 0 Å². The van der Waals surface area contributed by atoms with Crippen molar-refractivity contribution in [3.05, 3.63) is 87.0 Å². The van der Waals surface area contributed by atoms with Gasteiger partial charge >= 0.3 is 5.69 Å². The van der Waals surface area contributed by atoms with E-state index in [-0.39, 0.29) is 16.9 Å². The number of para-hydroxylation sites is 1. The molecular formula is C19H11N3O4. The van der Waals surface area contributed by atoms with Crippen molar-refractivity contribution < 1.29 is 9.85 Å². The van der Waals surface area contributed by atoms with Crippen molar-refractivity contribution in [2.75, 3.05) is 0 Å². The molecule has 0 radical (unpaired) electrons. The van der Waals surface area contributed by atoms with E-state index < -0.39 is 9.85 Å². The number of nitrogens with zero attached hydrogens (tertiary/aromatic N) is 3. The van der Waals surface area contributed by atoms with Crippen LogP contribution in [0.1, 0.15) is 0 Å². The zero-order valence-corrected chi connectivity index (χ0v) is 13.3. The van der Waals surface area contributed by atoms with Gasteiger partial charge in [0.1, 0.15) is 5.52 Å². The average molecular weight is 345 g/mol. The predicted octanol–water partition coefficient (Wildman–Crippen LogP) is 4.87. The Bertz CT molecular complexity index is 1190. The molecule has 7 heteroatoms. The normalized spacial score (nSPS) is 10.9. The molecule has 0 N–H and O–H groups in total. The summed E-state index contributed by atoms with van der Waals surface area (Å²) >= 11 is 0. The highest BCUT2D eigenvalue weighted by molar-refractivity contribution is 6.12. The molecule has 0 aliphatic rings. The van der Waals surface area contributed by atoms with Crippen LogP contribution in [0.25, 0.3) is 32.9 Å². The van der Waals surface area contributed by atoms with Gasteiger partial charge in [0, 0.05) is 22.4 Å². The average Bonchev–Trinajstić information content (AvgIpc) is 2.65. The van der Waals surface area contributed by atoms with Gasteiger partial charge in [0.05, 0.1) is 21.4 Å². The molecule has 0 spiro atoms. The molecule has 0 atom stereocenters. The van der Waals surface area contributed by atoms with Crippen LogP contribution in [0.5, 0.6) is 0 Å². The lowest BCUT2D eigenvalue weighted by Crippen LogP contribution is -1.97. The number of nitro benzene ring substituents is 2. The molecule has 1 aromatic heterocycles. The lowest BCUT2D eigenvalue weighted by Gasteiger charge is -2.11. The molecular weight excluding hydrogens is 334 g/mol. The van der Waals surface area contributed by atoms with E-state index in [0.717, 1.165) is 17.0 Å². The van der Waals surface area contributed by atoms with Crippen LogP contribution in [-0.4, -0.2) is 14.8 Å². The zero-order chi connectivity index (χ0) is 18.3. The summed E-state index contributed by atoms with van der Waals surface area (Å²) in [6.45, 7) is 0. The van der Waals surface area contributed by atoms with Crippen molar-refractivity contribution in [3.63, 3.8) is 0 Å². The van der Waals surface area contributed by atoms with Gasteiger partial charge in [-0.15, -0.1) is 0 Å². The van der Waals surface area contributed by atoms with E-state index in [4.69, 9.17) is 0 Å². The second-order valence-electron chi connectivity index (χ2n) is 5.75. The second kappa shape index (κ2) is 5.89. The largest absolute Gasteiger partial charge is 0.302 e. The third kappa shape index (κ3) is 2.42. The van der Waals surface area contributed by atoms with Gasteiger partial charge in [-0.1, -0.05) is 48.5 Å². The van der Waals surface area contributed by atoms with Crippen molar-refractivity contribution >= 4 is 33.2 Å². The Kier molecular flexibility index (Phi) is 3.54. The molecule has 0 aliphatic heterocycles. The quantitative estimate of drug-likeness (QED) is 0.299. The third-order valence-corrected chi connectivity index (χ3v) is 4.22. The molecule has 0 fully saturated rings. The van der Waals surface area contributed by atoms with Crippen LogP contribution in [0, 0.1) is 20.2 Å². The lowest BCUT2D eigenvalue weighted by atomic mass is 9.95. The summed E-state index contributed by atoms with van der Waals surface area (Å²) in [5, 5.41) is 24.0. The number of nitro groups is 2. The minimum atomic E-state index is -0.633. The van der Waals surface area contributed by atoms with E-state index in [9.17, 15) is 20.2 Å². The summed E-state index contributed by atoms with van der Waals surface area (Å²) in [5.41, 5.74) is 1.52. The highest BCUT2D eigenvalue weighted by Crippen LogP contribution is 2.39. The van der Waals surface area contributed by atoms with Crippen molar-refractivity contribution in [2.24, 2.45) is 0 Å². The monoisotopic (exact) mass is 345 g/mol. The number of benzene rings is 3. The summed E-state index contributed by atoms with van der Waals surface area (Å²) in [4.78, 5) is 26.0. The summed E-state index contributed by atoms with van der Waals surface area (Å²) in [6.07, 6.45) is 0. The smallest absolute Gasteiger partial charge is 0.258 e. The number of fused-ring (bicyclic) bond motifs is 2. The number of aromatic nitrogens is 1. The van der Waals surface area contributed by atoms with Crippen LogP contribution in [0.2, 0.25) is 0 Å². The van der Waals surface area contributed by atoms with Crippen LogP contribution in [0.15, 0.2) is 66.7 Å². The van der Waals surface area contributed by atoms with Gasteiger partial charge in [-0.05, 0) is 11.6 Å². The SMILES string of the molecule is O=[N+]([O-])c1cc([N+](=O)[O-])c2nc3ccccc3c(-c3ccccc3)c2c1. The standard InChI is InChI=1S/C19H11N3O4/c23-21(24)13-10-15-18(12-6-2-1-3-7-12)14-8-4-5-9-16(14)20-19(15)17(11-13)22(25)26/h1-11H. The van der Waals surface area contributed by atoms with Crippen LogP contribution in [0.4, 0.5) is 11.4 Å². The third-order valence-electron chi connectivity index (χ3n) is 4.22. The maximum absolute atomic E-state index is 11.5. The molecule has 0 aliphatic carbocycles. The summed E-state index contributed by atoms with van der Waals surface area (Å²) in [7, 11) is 0. The van der Waals surface area contributed by atoms with Gasteiger partial charge in [-0.25, -0.2) is 4.98 Å². The fourth-order valence-electron chi connectivity index (χ4n) is 3.12. The molecule has 4 rings (SSSR count). The van der Waals surface area contributed by atoms with E-state index in [1.165, 1.54) is 6.07 Å². The van der Waals surface area contributed by atoms with Gasteiger partial charge in [-0.3, -0.25) is 20.2 Å².